The van der Waals surface area contributed by atoms with Crippen LogP contribution in [0.3, 0.4) is 0 Å². The first-order chi connectivity index (χ1) is 19.4. The smallest absolute Gasteiger partial charge is 0.295 e. The Hall–Kier alpha value is -4.26. The minimum absolute atomic E-state index is 0.0408. The molecule has 0 saturated carbocycles. The first-order valence-electron chi connectivity index (χ1n) is 13.8. The fourth-order valence-corrected chi connectivity index (χ4v) is 5.40. The molecule has 0 bridgehead atoms. The van der Waals surface area contributed by atoms with E-state index in [9.17, 15) is 14.7 Å². The summed E-state index contributed by atoms with van der Waals surface area (Å²) in [5.74, 6) is 0.275. The van der Waals surface area contributed by atoms with Crippen LogP contribution in [-0.4, -0.2) is 41.5 Å². The van der Waals surface area contributed by atoms with Gasteiger partial charge in [-0.25, -0.2) is 0 Å². The summed E-state index contributed by atoms with van der Waals surface area (Å²) in [6.45, 7) is 4.90. The number of Topliss-reactive ketones (excluding diaryl/α,β-unsaturated/α-hetero) is 1. The van der Waals surface area contributed by atoms with Gasteiger partial charge in [0.1, 0.15) is 17.6 Å². The molecular weight excluding hydrogens is 506 g/mol. The van der Waals surface area contributed by atoms with E-state index in [1.807, 2.05) is 49.4 Å². The molecule has 5 rings (SSSR count). The molecule has 0 aliphatic carbocycles. The van der Waals surface area contributed by atoms with E-state index in [4.69, 9.17) is 14.2 Å². The van der Waals surface area contributed by atoms with Gasteiger partial charge in [0.2, 0.25) is 0 Å². The second kappa shape index (κ2) is 11.9. The Kier molecular flexibility index (Phi) is 8.10. The number of carbonyl (C=O) groups is 2. The van der Waals surface area contributed by atoms with Crippen LogP contribution in [0.4, 0.5) is 0 Å². The monoisotopic (exact) mass is 541 g/mol. The van der Waals surface area contributed by atoms with Crippen molar-refractivity contribution in [1.82, 2.24) is 4.90 Å². The van der Waals surface area contributed by atoms with E-state index < -0.39 is 17.7 Å². The normalized spacial score (nSPS) is 19.4. The summed E-state index contributed by atoms with van der Waals surface area (Å²) in [5, 5.41) is 11.6. The minimum atomic E-state index is -0.813. The molecule has 2 aliphatic rings. The average Bonchev–Trinajstić information content (AvgIpc) is 3.46. The number of rotatable bonds is 10. The third-order valence-electron chi connectivity index (χ3n) is 7.41. The fraction of sp³-hybridized carbons (Fsp3) is 0.333. The molecule has 0 unspecified atom stereocenters. The summed E-state index contributed by atoms with van der Waals surface area (Å²) >= 11 is 0. The van der Waals surface area contributed by atoms with Gasteiger partial charge >= 0.3 is 0 Å². The van der Waals surface area contributed by atoms with E-state index in [0.29, 0.717) is 35.7 Å². The highest BCUT2D eigenvalue weighted by atomic mass is 16.5. The van der Waals surface area contributed by atoms with Crippen molar-refractivity contribution in [2.24, 2.45) is 0 Å². The number of benzene rings is 3. The molecule has 1 N–H and O–H groups in total. The SMILES string of the molecule is CCCCCOc1ccc([C@H]2/C(=C(\O)c3ccc4c(c3)C[C@@H](C)O4)C(=O)C(=O)N2Cc2ccccc2)cc1OC. The molecule has 1 amide bonds. The molecule has 2 heterocycles. The van der Waals surface area contributed by atoms with Gasteiger partial charge in [-0.2, -0.15) is 0 Å². The molecule has 2 aliphatic heterocycles. The number of ether oxygens (including phenoxy) is 3. The molecule has 40 heavy (non-hydrogen) atoms. The third kappa shape index (κ3) is 5.41. The number of methoxy groups -OCH3 is 1. The largest absolute Gasteiger partial charge is 0.507 e. The number of unbranched alkanes of at least 4 members (excludes halogenated alkanes) is 2. The molecule has 0 aromatic heterocycles. The van der Waals surface area contributed by atoms with E-state index >= 15 is 0 Å². The van der Waals surface area contributed by atoms with E-state index in [1.165, 1.54) is 4.90 Å². The second-order valence-electron chi connectivity index (χ2n) is 10.3. The van der Waals surface area contributed by atoms with Crippen molar-refractivity contribution in [2.45, 2.75) is 58.2 Å². The fourth-order valence-electron chi connectivity index (χ4n) is 5.40. The van der Waals surface area contributed by atoms with Gasteiger partial charge in [-0.1, -0.05) is 56.2 Å². The molecule has 208 valence electrons. The number of fused-ring (bicyclic) bond motifs is 1. The number of hydrogen-bond donors (Lipinski definition) is 1. The predicted octanol–water partition coefficient (Wildman–Crippen LogP) is 6.21. The quantitative estimate of drug-likeness (QED) is 0.142. The molecule has 1 saturated heterocycles. The van der Waals surface area contributed by atoms with Crippen molar-refractivity contribution in [3.63, 3.8) is 0 Å². The van der Waals surface area contributed by atoms with Crippen molar-refractivity contribution < 1.29 is 28.9 Å². The summed E-state index contributed by atoms with van der Waals surface area (Å²) in [4.78, 5) is 28.5. The van der Waals surface area contributed by atoms with Gasteiger partial charge < -0.3 is 24.2 Å². The van der Waals surface area contributed by atoms with E-state index in [1.54, 1.807) is 31.4 Å². The lowest BCUT2D eigenvalue weighted by Gasteiger charge is -2.26. The van der Waals surface area contributed by atoms with Gasteiger partial charge in [0.15, 0.2) is 11.5 Å². The number of aliphatic hydroxyl groups is 1. The molecule has 7 heteroatoms. The number of likely N-dealkylation sites (tertiary alicyclic amines) is 1. The van der Waals surface area contributed by atoms with Gasteiger partial charge in [0.25, 0.3) is 11.7 Å². The summed E-state index contributed by atoms with van der Waals surface area (Å²) in [5.41, 5.74) is 3.00. The minimum Gasteiger partial charge on any atom is -0.507 e. The van der Waals surface area contributed by atoms with Crippen molar-refractivity contribution in [3.8, 4) is 17.2 Å². The van der Waals surface area contributed by atoms with Gasteiger partial charge in [0.05, 0.1) is 25.3 Å². The first-order valence-corrected chi connectivity index (χ1v) is 13.8. The van der Waals surface area contributed by atoms with Crippen LogP contribution < -0.4 is 14.2 Å². The zero-order valence-electron chi connectivity index (χ0n) is 23.2. The summed E-state index contributed by atoms with van der Waals surface area (Å²) in [6.07, 6.45) is 3.85. The summed E-state index contributed by atoms with van der Waals surface area (Å²) < 4.78 is 17.4. The van der Waals surface area contributed by atoms with Crippen molar-refractivity contribution >= 4 is 17.4 Å². The highest BCUT2D eigenvalue weighted by Crippen LogP contribution is 2.43. The van der Waals surface area contributed by atoms with Gasteiger partial charge in [-0.05, 0) is 60.4 Å². The zero-order chi connectivity index (χ0) is 28.2. The Balaban J connectivity index is 1.58. The van der Waals surface area contributed by atoms with Gasteiger partial charge in [0, 0.05) is 18.5 Å². The van der Waals surface area contributed by atoms with Crippen LogP contribution in [0.1, 0.15) is 61.4 Å². The Labute approximate surface area is 235 Å². The molecule has 3 aromatic carbocycles. The van der Waals surface area contributed by atoms with Crippen molar-refractivity contribution in [2.75, 3.05) is 13.7 Å². The Morgan fingerprint density at radius 3 is 2.58 bits per heavy atom. The van der Waals surface area contributed by atoms with Crippen molar-refractivity contribution in [3.05, 3.63) is 94.6 Å². The van der Waals surface area contributed by atoms with Crippen LogP contribution in [0, 0.1) is 0 Å². The number of nitrogens with zero attached hydrogens (tertiary/aromatic N) is 1. The van der Waals surface area contributed by atoms with Crippen LogP contribution in [0.15, 0.2) is 72.3 Å². The van der Waals surface area contributed by atoms with Crippen LogP contribution in [-0.2, 0) is 22.6 Å². The van der Waals surface area contributed by atoms with E-state index in [2.05, 4.69) is 6.92 Å². The lowest BCUT2D eigenvalue weighted by atomic mass is 9.94. The van der Waals surface area contributed by atoms with Crippen molar-refractivity contribution in [1.29, 1.82) is 0 Å². The molecule has 7 nitrogen and oxygen atoms in total. The molecular formula is C33H35NO6. The van der Waals surface area contributed by atoms with Crippen LogP contribution in [0.2, 0.25) is 0 Å². The number of hydrogen-bond acceptors (Lipinski definition) is 6. The molecule has 0 spiro atoms. The number of carbonyl (C=O) groups excluding carboxylic acids is 2. The lowest BCUT2D eigenvalue weighted by molar-refractivity contribution is -0.140. The molecule has 3 aromatic rings. The number of ketones is 1. The lowest BCUT2D eigenvalue weighted by Crippen LogP contribution is -2.29. The molecule has 0 radical (unpaired) electrons. The number of amides is 1. The molecule has 2 atom stereocenters. The maximum absolute atomic E-state index is 13.5. The average molecular weight is 542 g/mol. The van der Waals surface area contributed by atoms with E-state index in [0.717, 1.165) is 36.1 Å². The molecule has 1 fully saturated rings. The van der Waals surface area contributed by atoms with Crippen LogP contribution >= 0.6 is 0 Å². The Morgan fingerprint density at radius 2 is 1.82 bits per heavy atom. The van der Waals surface area contributed by atoms with Crippen LogP contribution in [0.25, 0.3) is 5.76 Å². The number of aliphatic hydroxyl groups excluding tert-OH is 1. The predicted molar refractivity (Wildman–Crippen MR) is 153 cm³/mol. The summed E-state index contributed by atoms with van der Waals surface area (Å²) in [6, 6.07) is 19.5. The summed E-state index contributed by atoms with van der Waals surface area (Å²) in [7, 11) is 1.56. The maximum Gasteiger partial charge on any atom is 0.295 e. The maximum atomic E-state index is 13.5. The zero-order valence-corrected chi connectivity index (χ0v) is 23.2. The topological polar surface area (TPSA) is 85.3 Å². The Bertz CT molecular complexity index is 1430. The van der Waals surface area contributed by atoms with E-state index in [-0.39, 0.29) is 24.0 Å². The Morgan fingerprint density at radius 1 is 1.02 bits per heavy atom. The first kappa shape index (κ1) is 27.3. The van der Waals surface area contributed by atoms with Gasteiger partial charge in [-0.15, -0.1) is 0 Å². The standard InChI is InChI=1S/C33H35NO6/c1-4-5-9-16-39-27-15-12-23(19-28(27)38-3)30-29(31(35)24-13-14-26-25(18-24)17-21(2)40-26)32(36)33(37)34(30)20-22-10-7-6-8-11-22/h6-8,10-15,18-19,21,30,35H,4-5,9,16-17,20H2,1-3H3/b31-29+/t21-,30+/m1/s1. The highest BCUT2D eigenvalue weighted by molar-refractivity contribution is 6.46. The third-order valence-corrected chi connectivity index (χ3v) is 7.41. The van der Waals surface area contributed by atoms with Gasteiger partial charge in [-0.3, -0.25) is 9.59 Å². The van der Waals surface area contributed by atoms with Crippen LogP contribution in [0.5, 0.6) is 17.2 Å². The second-order valence-corrected chi connectivity index (χ2v) is 10.3. The highest BCUT2D eigenvalue weighted by Gasteiger charge is 2.46.